The molecule has 2 aromatic heterocycles. The second-order valence-corrected chi connectivity index (χ2v) is 9.18. The maximum absolute atomic E-state index is 13.2. The Morgan fingerprint density at radius 2 is 2.06 bits per heavy atom. The van der Waals surface area contributed by atoms with Gasteiger partial charge in [-0.15, -0.1) is 0 Å². The molecule has 3 aliphatic rings. The summed E-state index contributed by atoms with van der Waals surface area (Å²) in [5.41, 5.74) is 2.02. The van der Waals surface area contributed by atoms with Crippen LogP contribution in [0.1, 0.15) is 35.1 Å². The SMILES string of the molecule is CCCc1cnc(N2C[C@@H]3[C@H](CO)[C@H]4CN(C(=O)c5cc(C)n(C)n5)C[C@]3(C2)O4)nc1. The zero-order valence-electron chi connectivity index (χ0n) is 18.4. The van der Waals surface area contributed by atoms with Crippen molar-refractivity contribution in [1.82, 2.24) is 24.6 Å². The van der Waals surface area contributed by atoms with E-state index >= 15 is 0 Å². The Morgan fingerprint density at radius 3 is 2.71 bits per heavy atom. The van der Waals surface area contributed by atoms with Crippen molar-refractivity contribution in [2.75, 3.05) is 37.7 Å². The predicted octanol–water partition coefficient (Wildman–Crippen LogP) is 0.809. The second kappa shape index (κ2) is 7.56. The number of ether oxygens (including phenoxy) is 1. The molecule has 3 fully saturated rings. The van der Waals surface area contributed by atoms with Gasteiger partial charge < -0.3 is 19.6 Å². The predicted molar refractivity (Wildman–Crippen MR) is 114 cm³/mol. The van der Waals surface area contributed by atoms with Gasteiger partial charge in [0.2, 0.25) is 5.95 Å². The van der Waals surface area contributed by atoms with E-state index in [1.165, 1.54) is 0 Å². The largest absolute Gasteiger partial charge is 0.396 e. The highest BCUT2D eigenvalue weighted by atomic mass is 16.5. The van der Waals surface area contributed by atoms with E-state index in [2.05, 4.69) is 26.9 Å². The van der Waals surface area contributed by atoms with Crippen LogP contribution in [-0.4, -0.2) is 80.2 Å². The van der Waals surface area contributed by atoms with E-state index in [9.17, 15) is 9.90 Å². The van der Waals surface area contributed by atoms with E-state index in [1.807, 2.05) is 37.3 Å². The molecule has 0 saturated carbocycles. The second-order valence-electron chi connectivity index (χ2n) is 9.18. The number of aliphatic hydroxyl groups is 1. The maximum atomic E-state index is 13.2. The molecule has 31 heavy (non-hydrogen) atoms. The molecular formula is C22H30N6O3. The fraction of sp³-hybridized carbons (Fsp3) is 0.636. The number of anilines is 1. The van der Waals surface area contributed by atoms with Gasteiger partial charge in [-0.05, 0) is 25.0 Å². The van der Waals surface area contributed by atoms with Crippen molar-refractivity contribution < 1.29 is 14.6 Å². The summed E-state index contributed by atoms with van der Waals surface area (Å²) in [5.74, 6) is 0.730. The lowest BCUT2D eigenvalue weighted by Gasteiger charge is -2.40. The van der Waals surface area contributed by atoms with Gasteiger partial charge in [0.1, 0.15) is 5.60 Å². The van der Waals surface area contributed by atoms with Crippen LogP contribution in [0.4, 0.5) is 5.95 Å². The summed E-state index contributed by atoms with van der Waals surface area (Å²) in [5, 5.41) is 14.5. The topological polar surface area (TPSA) is 96.6 Å². The van der Waals surface area contributed by atoms with Gasteiger partial charge in [-0.1, -0.05) is 13.3 Å². The molecule has 2 bridgehead atoms. The summed E-state index contributed by atoms with van der Waals surface area (Å²) in [7, 11) is 1.84. The minimum atomic E-state index is -0.513. The van der Waals surface area contributed by atoms with E-state index in [-0.39, 0.29) is 30.5 Å². The minimum Gasteiger partial charge on any atom is -0.396 e. The van der Waals surface area contributed by atoms with Gasteiger partial charge in [0, 0.05) is 56.7 Å². The number of amides is 1. The number of likely N-dealkylation sites (tertiary alicyclic amines) is 1. The molecule has 3 aliphatic heterocycles. The number of fused-ring (bicyclic) bond motifs is 1. The quantitative estimate of drug-likeness (QED) is 0.756. The third-order valence-electron chi connectivity index (χ3n) is 7.13. The highest BCUT2D eigenvalue weighted by Crippen LogP contribution is 2.49. The van der Waals surface area contributed by atoms with Crippen LogP contribution < -0.4 is 4.90 Å². The number of aliphatic hydroxyl groups excluding tert-OH is 1. The van der Waals surface area contributed by atoms with Gasteiger partial charge in [0.25, 0.3) is 5.91 Å². The molecule has 166 valence electrons. The summed E-state index contributed by atoms with van der Waals surface area (Å²) in [6, 6.07) is 1.82. The average Bonchev–Trinajstić information content (AvgIpc) is 3.34. The number of aryl methyl sites for hydroxylation is 3. The summed E-state index contributed by atoms with van der Waals surface area (Å²) in [6.45, 7) is 6.43. The van der Waals surface area contributed by atoms with Crippen LogP contribution in [0.15, 0.2) is 18.5 Å². The van der Waals surface area contributed by atoms with E-state index < -0.39 is 5.60 Å². The Labute approximate surface area is 182 Å². The number of morpholine rings is 1. The van der Waals surface area contributed by atoms with Crippen LogP contribution in [0.2, 0.25) is 0 Å². The molecule has 0 aliphatic carbocycles. The van der Waals surface area contributed by atoms with E-state index in [4.69, 9.17) is 4.74 Å². The van der Waals surface area contributed by atoms with Crippen molar-refractivity contribution >= 4 is 11.9 Å². The lowest BCUT2D eigenvalue weighted by molar-refractivity contribution is -0.100. The molecule has 0 unspecified atom stereocenters. The maximum Gasteiger partial charge on any atom is 0.274 e. The highest BCUT2D eigenvalue weighted by molar-refractivity contribution is 5.92. The first-order valence-corrected chi connectivity index (χ1v) is 11.1. The van der Waals surface area contributed by atoms with Gasteiger partial charge in [-0.25, -0.2) is 9.97 Å². The third kappa shape index (κ3) is 3.30. The van der Waals surface area contributed by atoms with Crippen molar-refractivity contribution in [3.05, 3.63) is 35.4 Å². The Morgan fingerprint density at radius 1 is 1.29 bits per heavy atom. The van der Waals surface area contributed by atoms with Gasteiger partial charge in [-0.2, -0.15) is 5.10 Å². The van der Waals surface area contributed by atoms with Crippen LogP contribution >= 0.6 is 0 Å². The Bertz CT molecular complexity index is 957. The number of aromatic nitrogens is 4. The van der Waals surface area contributed by atoms with Crippen LogP contribution in [0.5, 0.6) is 0 Å². The molecule has 2 aromatic rings. The third-order valence-corrected chi connectivity index (χ3v) is 7.13. The Hall–Kier alpha value is -2.52. The van der Waals surface area contributed by atoms with Gasteiger partial charge in [0.15, 0.2) is 5.69 Å². The molecule has 0 aromatic carbocycles. The van der Waals surface area contributed by atoms with Crippen molar-refractivity contribution in [3.8, 4) is 0 Å². The lowest BCUT2D eigenvalue weighted by Crippen LogP contribution is -2.55. The molecule has 1 N–H and O–H groups in total. The van der Waals surface area contributed by atoms with E-state index in [0.29, 0.717) is 31.3 Å². The fourth-order valence-electron chi connectivity index (χ4n) is 5.50. The first-order valence-electron chi connectivity index (χ1n) is 11.1. The zero-order chi connectivity index (χ0) is 21.8. The number of carbonyl (C=O) groups excluding carboxylic acids is 1. The molecule has 0 radical (unpaired) electrons. The minimum absolute atomic E-state index is 0.00682. The molecule has 5 rings (SSSR count). The normalized spacial score (nSPS) is 29.5. The number of nitrogens with zero attached hydrogens (tertiary/aromatic N) is 6. The molecule has 1 spiro atoms. The summed E-state index contributed by atoms with van der Waals surface area (Å²) >= 11 is 0. The molecule has 5 heterocycles. The van der Waals surface area contributed by atoms with Gasteiger partial charge in [0.05, 0.1) is 19.2 Å². The number of hydrogen-bond donors (Lipinski definition) is 1. The van der Waals surface area contributed by atoms with Gasteiger partial charge >= 0.3 is 0 Å². The van der Waals surface area contributed by atoms with Crippen molar-refractivity contribution in [2.45, 2.75) is 38.4 Å². The van der Waals surface area contributed by atoms with Gasteiger partial charge in [-0.3, -0.25) is 9.48 Å². The van der Waals surface area contributed by atoms with Crippen molar-refractivity contribution in [3.63, 3.8) is 0 Å². The molecule has 1 amide bonds. The van der Waals surface area contributed by atoms with Crippen LogP contribution in [0, 0.1) is 18.8 Å². The van der Waals surface area contributed by atoms with Crippen LogP contribution in [-0.2, 0) is 18.2 Å². The fourth-order valence-corrected chi connectivity index (χ4v) is 5.50. The van der Waals surface area contributed by atoms with Crippen molar-refractivity contribution in [2.24, 2.45) is 18.9 Å². The number of hydrogen-bond acceptors (Lipinski definition) is 7. The Balaban J connectivity index is 1.39. The number of carbonyl (C=O) groups is 1. The highest BCUT2D eigenvalue weighted by Gasteiger charge is 2.63. The van der Waals surface area contributed by atoms with E-state index in [0.717, 1.165) is 30.6 Å². The zero-order valence-corrected chi connectivity index (χ0v) is 18.4. The summed E-state index contributed by atoms with van der Waals surface area (Å²) in [4.78, 5) is 26.4. The van der Waals surface area contributed by atoms with Crippen LogP contribution in [0.25, 0.3) is 0 Å². The summed E-state index contributed by atoms with van der Waals surface area (Å²) < 4.78 is 8.21. The molecule has 9 heteroatoms. The van der Waals surface area contributed by atoms with Crippen molar-refractivity contribution in [1.29, 1.82) is 0 Å². The first-order chi connectivity index (χ1) is 14.9. The molecular weight excluding hydrogens is 396 g/mol. The molecule has 3 saturated heterocycles. The summed E-state index contributed by atoms with van der Waals surface area (Å²) in [6.07, 6.45) is 5.65. The number of rotatable bonds is 5. The Kier molecular flexibility index (Phi) is 4.97. The van der Waals surface area contributed by atoms with E-state index in [1.54, 1.807) is 4.68 Å². The van der Waals surface area contributed by atoms with Crippen LogP contribution in [0.3, 0.4) is 0 Å². The molecule has 9 nitrogen and oxygen atoms in total. The molecule has 4 atom stereocenters. The smallest absolute Gasteiger partial charge is 0.274 e. The lowest BCUT2D eigenvalue weighted by atomic mass is 9.83. The first kappa shape index (κ1) is 20.4. The monoisotopic (exact) mass is 426 g/mol. The standard InChI is InChI=1S/C22H30N6O3/c1-4-5-15-7-23-21(24-8-15)28-9-17-16(11-29)19-10-27(12-22(17,13-28)31-19)20(30)18-6-14(2)26(3)25-18/h6-8,16-17,19,29H,4-5,9-13H2,1-3H3/t16-,17+,19+,22+/m0/s1. The average molecular weight is 427 g/mol.